The highest BCUT2D eigenvalue weighted by atomic mass is 16.6. The van der Waals surface area contributed by atoms with Crippen molar-refractivity contribution in [2.24, 2.45) is 11.8 Å². The zero-order valence-electron chi connectivity index (χ0n) is 16.4. The Labute approximate surface area is 166 Å². The van der Waals surface area contributed by atoms with E-state index in [0.29, 0.717) is 24.8 Å². The highest BCUT2D eigenvalue weighted by molar-refractivity contribution is 5.89. The summed E-state index contributed by atoms with van der Waals surface area (Å²) >= 11 is 0. The van der Waals surface area contributed by atoms with Gasteiger partial charge in [-0.2, -0.15) is 0 Å². The van der Waals surface area contributed by atoms with Gasteiger partial charge >= 0.3 is 11.9 Å². The fourth-order valence-corrected chi connectivity index (χ4v) is 3.97. The van der Waals surface area contributed by atoms with Crippen molar-refractivity contribution in [3.8, 4) is 0 Å². The van der Waals surface area contributed by atoms with Gasteiger partial charge in [-0.1, -0.05) is 42.0 Å². The molecular formula is C23H28O5. The smallest absolute Gasteiger partial charge is 0.338 e. The van der Waals surface area contributed by atoms with Gasteiger partial charge in [0.05, 0.1) is 18.1 Å². The van der Waals surface area contributed by atoms with E-state index in [4.69, 9.17) is 9.47 Å². The second-order valence-corrected chi connectivity index (χ2v) is 7.83. The summed E-state index contributed by atoms with van der Waals surface area (Å²) in [6.07, 6.45) is 6.86. The number of esters is 2. The van der Waals surface area contributed by atoms with Crippen molar-refractivity contribution in [2.75, 3.05) is 0 Å². The minimum atomic E-state index is -0.571. The van der Waals surface area contributed by atoms with Crippen molar-refractivity contribution in [3.63, 3.8) is 0 Å². The predicted octanol–water partition coefficient (Wildman–Crippen LogP) is 3.83. The van der Waals surface area contributed by atoms with Crippen LogP contribution in [0.3, 0.4) is 0 Å². The average Bonchev–Trinajstić information content (AvgIpc) is 3.16. The molecule has 5 heteroatoms. The lowest BCUT2D eigenvalue weighted by Gasteiger charge is -2.20. The molecule has 2 aliphatic rings. The Bertz CT molecular complexity index is 748. The third-order valence-electron chi connectivity index (χ3n) is 5.39. The number of hydrogen-bond acceptors (Lipinski definition) is 5. The van der Waals surface area contributed by atoms with Crippen molar-refractivity contribution in [2.45, 2.75) is 57.8 Å². The summed E-state index contributed by atoms with van der Waals surface area (Å²) in [6.45, 7) is 4.06. The van der Waals surface area contributed by atoms with Gasteiger partial charge in [0.25, 0.3) is 0 Å². The molecule has 1 aliphatic heterocycles. The first kappa shape index (κ1) is 20.3. The average molecular weight is 384 g/mol. The number of fused-ring (bicyclic) bond motifs is 1. The molecule has 0 spiro atoms. The third-order valence-corrected chi connectivity index (χ3v) is 5.39. The molecule has 1 aromatic carbocycles. The summed E-state index contributed by atoms with van der Waals surface area (Å²) in [4.78, 5) is 24.1. The van der Waals surface area contributed by atoms with Crippen LogP contribution in [-0.4, -0.2) is 35.4 Å². The van der Waals surface area contributed by atoms with E-state index in [9.17, 15) is 14.7 Å². The van der Waals surface area contributed by atoms with E-state index < -0.39 is 6.10 Å². The Morgan fingerprint density at radius 3 is 2.79 bits per heavy atom. The van der Waals surface area contributed by atoms with Crippen LogP contribution in [-0.2, 0) is 14.3 Å². The van der Waals surface area contributed by atoms with Gasteiger partial charge in [-0.05, 0) is 38.8 Å². The van der Waals surface area contributed by atoms with Gasteiger partial charge in [-0.15, -0.1) is 0 Å². The number of hydrogen-bond donors (Lipinski definition) is 1. The number of benzene rings is 1. The van der Waals surface area contributed by atoms with Crippen molar-refractivity contribution >= 4 is 11.9 Å². The Morgan fingerprint density at radius 2 is 2.07 bits per heavy atom. The highest BCUT2D eigenvalue weighted by Gasteiger charge is 2.50. The summed E-state index contributed by atoms with van der Waals surface area (Å²) in [5.74, 6) is -0.728. The van der Waals surface area contributed by atoms with Crippen molar-refractivity contribution in [1.82, 2.24) is 0 Å². The van der Waals surface area contributed by atoms with Gasteiger partial charge in [0.2, 0.25) is 0 Å². The van der Waals surface area contributed by atoms with E-state index in [2.05, 4.69) is 6.08 Å². The van der Waals surface area contributed by atoms with Crippen molar-refractivity contribution < 1.29 is 24.2 Å². The predicted molar refractivity (Wildman–Crippen MR) is 106 cm³/mol. The van der Waals surface area contributed by atoms with Crippen LogP contribution in [0, 0.1) is 11.8 Å². The second-order valence-electron chi connectivity index (χ2n) is 7.83. The highest BCUT2D eigenvalue weighted by Crippen LogP contribution is 2.43. The summed E-state index contributed by atoms with van der Waals surface area (Å²) < 4.78 is 11.2. The second kappa shape index (κ2) is 9.20. The molecule has 0 amide bonds. The molecular weight excluding hydrogens is 356 g/mol. The summed E-state index contributed by atoms with van der Waals surface area (Å²) in [7, 11) is 0. The number of ether oxygens (including phenoxy) is 2. The number of aliphatic hydroxyl groups is 1. The molecule has 1 saturated heterocycles. The Balaban J connectivity index is 1.67. The Kier molecular flexibility index (Phi) is 6.68. The number of carbonyl (C=O) groups excluding carboxylic acids is 2. The number of aliphatic hydroxyl groups excluding tert-OH is 1. The van der Waals surface area contributed by atoms with Crippen LogP contribution in [0.2, 0.25) is 0 Å². The first-order valence-corrected chi connectivity index (χ1v) is 9.89. The van der Waals surface area contributed by atoms with Crippen LogP contribution in [0.5, 0.6) is 0 Å². The largest absolute Gasteiger partial charge is 0.462 e. The maximum absolute atomic E-state index is 12.5. The van der Waals surface area contributed by atoms with Crippen LogP contribution in [0.25, 0.3) is 0 Å². The van der Waals surface area contributed by atoms with E-state index >= 15 is 0 Å². The van der Waals surface area contributed by atoms with E-state index in [1.165, 1.54) is 5.57 Å². The SMILES string of the molecule is CC(C)=CCC[C@@H](O)/C=C/[C@@H]1[C@H]2CC(=O)O[C@H]2C[C@H]1OC(=O)c1ccccc1. The molecule has 1 saturated carbocycles. The van der Waals surface area contributed by atoms with E-state index in [1.54, 1.807) is 30.3 Å². The molecule has 0 aromatic heterocycles. The number of carbonyl (C=O) groups is 2. The molecule has 1 N–H and O–H groups in total. The molecule has 5 atom stereocenters. The first-order chi connectivity index (χ1) is 13.4. The molecule has 150 valence electrons. The minimum Gasteiger partial charge on any atom is -0.462 e. The lowest BCUT2D eigenvalue weighted by molar-refractivity contribution is -0.141. The van der Waals surface area contributed by atoms with Gasteiger partial charge in [-0.25, -0.2) is 4.79 Å². The summed E-state index contributed by atoms with van der Waals surface area (Å²) in [5, 5.41) is 10.2. The van der Waals surface area contributed by atoms with Crippen molar-refractivity contribution in [1.29, 1.82) is 0 Å². The van der Waals surface area contributed by atoms with Gasteiger partial charge in [0, 0.05) is 18.3 Å². The van der Waals surface area contributed by atoms with Gasteiger partial charge in [-0.3, -0.25) is 4.79 Å². The maximum Gasteiger partial charge on any atom is 0.338 e. The van der Waals surface area contributed by atoms with Gasteiger partial charge in [0.15, 0.2) is 0 Å². The van der Waals surface area contributed by atoms with Crippen LogP contribution >= 0.6 is 0 Å². The quantitative estimate of drug-likeness (QED) is 0.571. The normalized spacial score (nSPS) is 27.3. The first-order valence-electron chi connectivity index (χ1n) is 9.89. The molecule has 1 aromatic rings. The fraction of sp³-hybridized carbons (Fsp3) is 0.478. The summed E-state index contributed by atoms with van der Waals surface area (Å²) in [5.41, 5.74) is 1.73. The zero-order valence-corrected chi connectivity index (χ0v) is 16.4. The van der Waals surface area contributed by atoms with Gasteiger partial charge in [0.1, 0.15) is 12.2 Å². The van der Waals surface area contributed by atoms with E-state index in [1.807, 2.05) is 26.0 Å². The monoisotopic (exact) mass is 384 g/mol. The molecule has 0 unspecified atom stereocenters. The van der Waals surface area contributed by atoms with Gasteiger partial charge < -0.3 is 14.6 Å². The zero-order chi connectivity index (χ0) is 20.1. The Hall–Kier alpha value is -2.40. The molecule has 1 heterocycles. The van der Waals surface area contributed by atoms with Crippen LogP contribution in [0.4, 0.5) is 0 Å². The van der Waals surface area contributed by atoms with Crippen LogP contribution in [0.1, 0.15) is 49.9 Å². The molecule has 0 bridgehead atoms. The fourth-order valence-electron chi connectivity index (χ4n) is 3.97. The molecule has 1 aliphatic carbocycles. The minimum absolute atomic E-state index is 0.0118. The molecule has 5 nitrogen and oxygen atoms in total. The third kappa shape index (κ3) is 5.10. The van der Waals surface area contributed by atoms with Crippen molar-refractivity contribution in [3.05, 3.63) is 59.7 Å². The Morgan fingerprint density at radius 1 is 1.32 bits per heavy atom. The number of allylic oxidation sites excluding steroid dienone is 2. The van der Waals surface area contributed by atoms with Crippen LogP contribution in [0.15, 0.2) is 54.1 Å². The molecule has 2 fully saturated rings. The lowest BCUT2D eigenvalue weighted by atomic mass is 9.91. The topological polar surface area (TPSA) is 72.8 Å². The lowest BCUT2D eigenvalue weighted by Crippen LogP contribution is -2.25. The summed E-state index contributed by atoms with van der Waals surface area (Å²) in [6, 6.07) is 8.87. The number of rotatable bonds is 7. The van der Waals surface area contributed by atoms with Crippen LogP contribution < -0.4 is 0 Å². The van der Waals surface area contributed by atoms with E-state index in [-0.39, 0.29) is 36.0 Å². The van der Waals surface area contributed by atoms with E-state index in [0.717, 1.165) is 6.42 Å². The molecule has 0 radical (unpaired) electrons. The maximum atomic E-state index is 12.5. The molecule has 28 heavy (non-hydrogen) atoms. The standard InChI is InChI=1S/C23H28O5/c1-15(2)7-6-10-17(24)11-12-18-19-13-22(25)27-21(19)14-20(18)28-23(26)16-8-4-3-5-9-16/h3-5,7-9,11-12,17-21,24H,6,10,13-14H2,1-2H3/b12-11+/t17-,18-,19-,20-,21+/m1/s1. The molecule has 3 rings (SSSR count).